The fraction of sp³-hybridized carbons (Fsp3) is 0.600. The molecule has 1 aliphatic heterocycles. The fourth-order valence-corrected chi connectivity index (χ4v) is 3.34. The van der Waals surface area contributed by atoms with Crippen molar-refractivity contribution in [3.63, 3.8) is 0 Å². The Kier molecular flexibility index (Phi) is 7.27. The largest absolute Gasteiger partial charge is 0.416 e. The first-order valence-electron chi connectivity index (χ1n) is 9.45. The van der Waals surface area contributed by atoms with Crippen LogP contribution in [0.25, 0.3) is 0 Å². The zero-order valence-corrected chi connectivity index (χ0v) is 15.8. The summed E-state index contributed by atoms with van der Waals surface area (Å²) in [7, 11) is 0. The van der Waals surface area contributed by atoms with Gasteiger partial charge in [0.25, 0.3) is 0 Å². The molecule has 0 aromatic heterocycles. The summed E-state index contributed by atoms with van der Waals surface area (Å²) < 4.78 is 38.5. The first kappa shape index (κ1) is 21.3. The van der Waals surface area contributed by atoms with E-state index >= 15 is 0 Å². The Morgan fingerprint density at radius 1 is 1.26 bits per heavy atom. The molecule has 2 rings (SSSR count). The molecule has 150 valence electrons. The van der Waals surface area contributed by atoms with Crippen molar-refractivity contribution in [3.8, 4) is 0 Å². The van der Waals surface area contributed by atoms with Crippen LogP contribution in [0.15, 0.2) is 24.3 Å². The number of alkyl halides is 3. The number of nitrogens with zero attached hydrogens (tertiary/aromatic N) is 1. The van der Waals surface area contributed by atoms with Crippen LogP contribution in [0.1, 0.15) is 50.7 Å². The predicted molar refractivity (Wildman–Crippen MR) is 97.0 cm³/mol. The second-order valence-corrected chi connectivity index (χ2v) is 7.19. The number of amides is 2. The lowest BCUT2D eigenvalue weighted by atomic mass is 9.92. The van der Waals surface area contributed by atoms with Crippen LogP contribution in [0.2, 0.25) is 0 Å². The first-order chi connectivity index (χ1) is 12.7. The molecule has 4 nitrogen and oxygen atoms in total. The first-order valence-corrected chi connectivity index (χ1v) is 9.45. The highest BCUT2D eigenvalue weighted by atomic mass is 19.4. The van der Waals surface area contributed by atoms with Crippen LogP contribution in [-0.2, 0) is 22.2 Å². The van der Waals surface area contributed by atoms with Crippen LogP contribution in [0.5, 0.6) is 0 Å². The molecule has 2 amide bonds. The van der Waals surface area contributed by atoms with Crippen molar-refractivity contribution in [3.05, 3.63) is 35.4 Å². The lowest BCUT2D eigenvalue weighted by Gasteiger charge is -2.37. The second kappa shape index (κ2) is 9.24. The Hall–Kier alpha value is -2.05. The number of unbranched alkanes of at least 4 members (excludes halogenated alkanes) is 1. The molecule has 27 heavy (non-hydrogen) atoms. The summed E-state index contributed by atoms with van der Waals surface area (Å²) in [4.78, 5) is 26.6. The summed E-state index contributed by atoms with van der Waals surface area (Å²) >= 11 is 0. The standard InChI is InChI=1S/C20H27F3N2O2/c1-3-4-10-24-19(27)16-9-8-14(2)25(13-16)18(26)12-15-6-5-7-17(11-15)20(21,22)23/h5-7,11,14,16H,3-4,8-10,12-13H2,1-2H3,(H,24,27). The Morgan fingerprint density at radius 2 is 2.00 bits per heavy atom. The molecule has 0 aliphatic carbocycles. The van der Waals surface area contributed by atoms with Gasteiger partial charge in [0, 0.05) is 19.1 Å². The maximum atomic E-state index is 12.8. The van der Waals surface area contributed by atoms with Crippen LogP contribution in [0.3, 0.4) is 0 Å². The third kappa shape index (κ3) is 5.97. The van der Waals surface area contributed by atoms with Gasteiger partial charge in [-0.1, -0.05) is 31.5 Å². The predicted octanol–water partition coefficient (Wildman–Crippen LogP) is 3.79. The van der Waals surface area contributed by atoms with Crippen LogP contribution in [-0.4, -0.2) is 35.8 Å². The summed E-state index contributed by atoms with van der Waals surface area (Å²) in [5, 5.41) is 2.90. The zero-order chi connectivity index (χ0) is 20.0. The maximum Gasteiger partial charge on any atom is 0.416 e. The summed E-state index contributed by atoms with van der Waals surface area (Å²) in [6, 6.07) is 4.82. The number of hydrogen-bond donors (Lipinski definition) is 1. The van der Waals surface area contributed by atoms with E-state index in [1.165, 1.54) is 12.1 Å². The number of hydrogen-bond acceptors (Lipinski definition) is 2. The van der Waals surface area contributed by atoms with Gasteiger partial charge >= 0.3 is 6.18 Å². The van der Waals surface area contributed by atoms with Gasteiger partial charge in [-0.3, -0.25) is 9.59 Å². The van der Waals surface area contributed by atoms with E-state index in [9.17, 15) is 22.8 Å². The van der Waals surface area contributed by atoms with Crippen LogP contribution in [0.4, 0.5) is 13.2 Å². The summed E-state index contributed by atoms with van der Waals surface area (Å²) in [6.45, 7) is 4.90. The topological polar surface area (TPSA) is 49.4 Å². The quantitative estimate of drug-likeness (QED) is 0.759. The van der Waals surface area contributed by atoms with Gasteiger partial charge in [0.15, 0.2) is 0 Å². The highest BCUT2D eigenvalue weighted by Crippen LogP contribution is 2.30. The lowest BCUT2D eigenvalue weighted by Crippen LogP contribution is -2.50. The van der Waals surface area contributed by atoms with E-state index in [1.54, 1.807) is 4.90 Å². The highest BCUT2D eigenvalue weighted by Gasteiger charge is 2.33. The average molecular weight is 384 g/mol. The molecule has 7 heteroatoms. The average Bonchev–Trinajstić information content (AvgIpc) is 2.61. The molecule has 0 spiro atoms. The van der Waals surface area contributed by atoms with E-state index < -0.39 is 11.7 Å². The number of benzene rings is 1. The SMILES string of the molecule is CCCCNC(=O)C1CCC(C)N(C(=O)Cc2cccc(C(F)(F)F)c2)C1. The molecule has 2 atom stereocenters. The van der Waals surface area contributed by atoms with Crippen molar-refractivity contribution in [2.24, 2.45) is 5.92 Å². The molecule has 0 bridgehead atoms. The molecule has 2 unspecified atom stereocenters. The Balaban J connectivity index is 2.01. The van der Waals surface area contributed by atoms with Crippen LogP contribution < -0.4 is 5.32 Å². The van der Waals surface area contributed by atoms with Gasteiger partial charge in [0.05, 0.1) is 17.9 Å². The molecule has 1 fully saturated rings. The number of carbonyl (C=O) groups is 2. The zero-order valence-electron chi connectivity index (χ0n) is 15.8. The Morgan fingerprint density at radius 3 is 2.67 bits per heavy atom. The minimum absolute atomic E-state index is 0.0250. The number of halogens is 3. The second-order valence-electron chi connectivity index (χ2n) is 7.19. The van der Waals surface area contributed by atoms with Crippen molar-refractivity contribution in [1.29, 1.82) is 0 Å². The third-order valence-electron chi connectivity index (χ3n) is 5.01. The molecule has 1 heterocycles. The van der Waals surface area contributed by atoms with Crippen molar-refractivity contribution >= 4 is 11.8 Å². The monoisotopic (exact) mass is 384 g/mol. The van der Waals surface area contributed by atoms with Gasteiger partial charge in [0.1, 0.15) is 0 Å². The summed E-state index contributed by atoms with van der Waals surface area (Å²) in [5.41, 5.74) is -0.427. The van der Waals surface area contributed by atoms with Crippen molar-refractivity contribution in [2.45, 2.75) is 58.2 Å². The lowest BCUT2D eigenvalue weighted by molar-refractivity contribution is -0.139. The molecule has 0 saturated carbocycles. The maximum absolute atomic E-state index is 12.8. The Labute approximate surface area is 158 Å². The summed E-state index contributed by atoms with van der Waals surface area (Å²) in [5.74, 6) is -0.552. The van der Waals surface area contributed by atoms with E-state index in [0.29, 0.717) is 31.5 Å². The van der Waals surface area contributed by atoms with E-state index in [0.717, 1.165) is 25.0 Å². The molecular formula is C20H27F3N2O2. The van der Waals surface area contributed by atoms with E-state index in [4.69, 9.17) is 0 Å². The minimum Gasteiger partial charge on any atom is -0.356 e. The summed E-state index contributed by atoms with van der Waals surface area (Å²) in [6.07, 6.45) is -1.21. The van der Waals surface area contributed by atoms with Crippen LogP contribution in [0, 0.1) is 5.92 Å². The number of nitrogens with one attached hydrogen (secondary N) is 1. The van der Waals surface area contributed by atoms with E-state index in [-0.39, 0.29) is 30.2 Å². The number of piperidine rings is 1. The van der Waals surface area contributed by atoms with Gasteiger partial charge in [-0.2, -0.15) is 13.2 Å². The number of rotatable bonds is 6. The van der Waals surface area contributed by atoms with Gasteiger partial charge in [-0.25, -0.2) is 0 Å². The van der Waals surface area contributed by atoms with Crippen molar-refractivity contribution in [2.75, 3.05) is 13.1 Å². The molecule has 1 aliphatic rings. The van der Waals surface area contributed by atoms with Crippen molar-refractivity contribution < 1.29 is 22.8 Å². The van der Waals surface area contributed by atoms with E-state index in [1.807, 2.05) is 13.8 Å². The number of carbonyl (C=O) groups excluding carboxylic acids is 2. The molecule has 1 N–H and O–H groups in total. The molecule has 1 aromatic carbocycles. The smallest absolute Gasteiger partial charge is 0.356 e. The van der Waals surface area contributed by atoms with E-state index in [2.05, 4.69) is 5.32 Å². The highest BCUT2D eigenvalue weighted by molar-refractivity contribution is 5.82. The van der Waals surface area contributed by atoms with Gasteiger partial charge in [-0.05, 0) is 37.8 Å². The van der Waals surface area contributed by atoms with Gasteiger partial charge < -0.3 is 10.2 Å². The molecule has 1 saturated heterocycles. The third-order valence-corrected chi connectivity index (χ3v) is 5.01. The van der Waals surface area contributed by atoms with Gasteiger partial charge in [0.2, 0.25) is 11.8 Å². The van der Waals surface area contributed by atoms with Gasteiger partial charge in [-0.15, -0.1) is 0 Å². The minimum atomic E-state index is -4.43. The normalized spacial score (nSPS) is 20.4. The molecule has 0 radical (unpaired) electrons. The fourth-order valence-electron chi connectivity index (χ4n) is 3.34. The van der Waals surface area contributed by atoms with Crippen molar-refractivity contribution in [1.82, 2.24) is 10.2 Å². The molecule has 1 aromatic rings. The molecular weight excluding hydrogens is 357 g/mol. The Bertz CT molecular complexity index is 661. The number of likely N-dealkylation sites (tertiary alicyclic amines) is 1. The van der Waals surface area contributed by atoms with Crippen LogP contribution >= 0.6 is 0 Å².